The molecule has 154 valence electrons. The molecule has 1 aliphatic rings. The Balaban J connectivity index is 1.85. The molecule has 3 N–H and O–H groups in total. The van der Waals surface area contributed by atoms with Gasteiger partial charge in [0.2, 0.25) is 11.8 Å². The first kappa shape index (κ1) is 21.6. The van der Waals surface area contributed by atoms with Crippen molar-refractivity contribution >= 4 is 17.8 Å². The second kappa shape index (κ2) is 10.6. The highest BCUT2D eigenvalue weighted by Crippen LogP contribution is 2.13. The third kappa shape index (κ3) is 6.82. The number of carboxylic acid groups (broad SMARTS) is 1. The number of hydrogen-bond acceptors (Lipinski definition) is 6. The number of amides is 2. The lowest BCUT2D eigenvalue weighted by Gasteiger charge is -2.26. The van der Waals surface area contributed by atoms with Crippen molar-refractivity contribution in [3.8, 4) is 5.75 Å². The van der Waals surface area contributed by atoms with Gasteiger partial charge in [0.25, 0.3) is 0 Å². The Bertz CT molecular complexity index is 673. The van der Waals surface area contributed by atoms with Crippen LogP contribution >= 0.6 is 0 Å². The number of benzene rings is 1. The van der Waals surface area contributed by atoms with Crippen molar-refractivity contribution in [2.45, 2.75) is 25.4 Å². The number of hydrogen-bond donors (Lipinski definition) is 3. The number of ether oxygens (including phenoxy) is 2. The summed E-state index contributed by atoms with van der Waals surface area (Å²) in [7, 11) is 1.55. The maximum Gasteiger partial charge on any atom is 0.326 e. The van der Waals surface area contributed by atoms with Crippen molar-refractivity contribution in [3.05, 3.63) is 29.8 Å². The molecular formula is C19H27N3O6. The first-order valence-corrected chi connectivity index (χ1v) is 9.14. The van der Waals surface area contributed by atoms with Crippen molar-refractivity contribution in [3.63, 3.8) is 0 Å². The Morgan fingerprint density at radius 3 is 2.39 bits per heavy atom. The molecule has 2 atom stereocenters. The third-order valence-electron chi connectivity index (χ3n) is 4.46. The van der Waals surface area contributed by atoms with Crippen LogP contribution in [0.5, 0.6) is 5.75 Å². The molecule has 1 aromatic rings. The molecule has 2 rings (SSSR count). The summed E-state index contributed by atoms with van der Waals surface area (Å²) in [5, 5.41) is 14.5. The van der Waals surface area contributed by atoms with E-state index >= 15 is 0 Å². The van der Waals surface area contributed by atoms with Crippen LogP contribution < -0.4 is 15.4 Å². The van der Waals surface area contributed by atoms with E-state index < -0.39 is 24.0 Å². The van der Waals surface area contributed by atoms with Crippen LogP contribution in [0.4, 0.5) is 0 Å². The molecule has 1 aromatic carbocycles. The van der Waals surface area contributed by atoms with Crippen LogP contribution in [0.1, 0.15) is 12.5 Å². The maximum atomic E-state index is 12.3. The Morgan fingerprint density at radius 2 is 1.82 bits per heavy atom. The smallest absolute Gasteiger partial charge is 0.326 e. The zero-order valence-electron chi connectivity index (χ0n) is 16.1. The monoisotopic (exact) mass is 393 g/mol. The predicted octanol–water partition coefficient (Wildman–Crippen LogP) is -0.356. The van der Waals surface area contributed by atoms with E-state index in [1.54, 1.807) is 31.4 Å². The molecule has 2 amide bonds. The second-order valence-electron chi connectivity index (χ2n) is 6.63. The number of aliphatic carboxylic acids is 1. The van der Waals surface area contributed by atoms with Gasteiger partial charge in [-0.25, -0.2) is 4.79 Å². The van der Waals surface area contributed by atoms with Crippen molar-refractivity contribution in [2.24, 2.45) is 0 Å². The van der Waals surface area contributed by atoms with Gasteiger partial charge in [0.15, 0.2) is 0 Å². The van der Waals surface area contributed by atoms with Crippen LogP contribution in [0.3, 0.4) is 0 Å². The molecule has 0 bridgehead atoms. The molecule has 9 nitrogen and oxygen atoms in total. The fourth-order valence-electron chi connectivity index (χ4n) is 2.81. The lowest BCUT2D eigenvalue weighted by Crippen LogP contribution is -2.53. The van der Waals surface area contributed by atoms with Crippen molar-refractivity contribution in [1.82, 2.24) is 15.5 Å². The number of methoxy groups -OCH3 is 1. The number of nitrogens with one attached hydrogen (secondary N) is 2. The van der Waals surface area contributed by atoms with Crippen molar-refractivity contribution < 1.29 is 29.0 Å². The first-order valence-electron chi connectivity index (χ1n) is 9.14. The summed E-state index contributed by atoms with van der Waals surface area (Å²) >= 11 is 0. The number of carboxylic acids is 1. The molecular weight excluding hydrogens is 366 g/mol. The fourth-order valence-corrected chi connectivity index (χ4v) is 2.81. The molecule has 1 aliphatic heterocycles. The summed E-state index contributed by atoms with van der Waals surface area (Å²) in [5.74, 6) is -1.31. The van der Waals surface area contributed by atoms with Gasteiger partial charge >= 0.3 is 5.97 Å². The maximum absolute atomic E-state index is 12.3. The fraction of sp³-hybridized carbons (Fsp3) is 0.526. The highest BCUT2D eigenvalue weighted by molar-refractivity contribution is 5.90. The lowest BCUT2D eigenvalue weighted by atomic mass is 10.1. The van der Waals surface area contributed by atoms with E-state index in [0.717, 1.165) is 5.56 Å². The van der Waals surface area contributed by atoms with Crippen LogP contribution in [0, 0.1) is 0 Å². The van der Waals surface area contributed by atoms with E-state index in [1.807, 2.05) is 4.90 Å². The number of nitrogens with zero attached hydrogens (tertiary/aromatic N) is 1. The zero-order valence-corrected chi connectivity index (χ0v) is 16.1. The molecule has 0 saturated carbocycles. The van der Waals surface area contributed by atoms with Gasteiger partial charge in [0, 0.05) is 19.5 Å². The van der Waals surface area contributed by atoms with E-state index in [2.05, 4.69) is 10.6 Å². The zero-order chi connectivity index (χ0) is 20.5. The van der Waals surface area contributed by atoms with Crippen LogP contribution in [-0.4, -0.2) is 79.8 Å². The number of rotatable bonds is 9. The highest BCUT2D eigenvalue weighted by Gasteiger charge is 2.25. The van der Waals surface area contributed by atoms with Gasteiger partial charge in [-0.3, -0.25) is 14.5 Å². The summed E-state index contributed by atoms with van der Waals surface area (Å²) in [6, 6.07) is 5.00. The Hall–Kier alpha value is -2.65. The normalized spacial score (nSPS) is 16.6. The van der Waals surface area contributed by atoms with Crippen LogP contribution in [0.15, 0.2) is 24.3 Å². The summed E-state index contributed by atoms with van der Waals surface area (Å²) in [4.78, 5) is 37.9. The molecule has 1 fully saturated rings. The van der Waals surface area contributed by atoms with E-state index in [-0.39, 0.29) is 18.9 Å². The molecule has 0 spiro atoms. The standard InChI is InChI=1S/C19H27N3O6/c1-13(20-17(23)12-22-7-9-28-10-8-22)18(24)21-16(19(25)26)11-14-3-5-15(27-2)6-4-14/h3-6,13,16H,7-12H2,1-2H3,(H,20,23)(H,21,24)(H,25,26)/t13-,16?/m0/s1. The quantitative estimate of drug-likeness (QED) is 0.525. The lowest BCUT2D eigenvalue weighted by molar-refractivity contribution is -0.142. The topological polar surface area (TPSA) is 117 Å². The van der Waals surface area contributed by atoms with E-state index in [1.165, 1.54) is 6.92 Å². The van der Waals surface area contributed by atoms with E-state index in [4.69, 9.17) is 9.47 Å². The minimum atomic E-state index is -1.14. The number of carbonyl (C=O) groups excluding carboxylic acids is 2. The SMILES string of the molecule is COc1ccc(CC(NC(=O)[C@H](C)NC(=O)CN2CCOCC2)C(=O)O)cc1. The van der Waals surface area contributed by atoms with Gasteiger partial charge in [0.1, 0.15) is 17.8 Å². The van der Waals surface area contributed by atoms with Gasteiger partial charge in [-0.15, -0.1) is 0 Å². The molecule has 1 heterocycles. The molecule has 0 aliphatic carbocycles. The third-order valence-corrected chi connectivity index (χ3v) is 4.46. The molecule has 0 aromatic heterocycles. The van der Waals surface area contributed by atoms with Gasteiger partial charge in [-0.1, -0.05) is 12.1 Å². The molecule has 0 radical (unpaired) electrons. The van der Waals surface area contributed by atoms with E-state index in [9.17, 15) is 19.5 Å². The van der Waals surface area contributed by atoms with Crippen LogP contribution in [0.2, 0.25) is 0 Å². The Morgan fingerprint density at radius 1 is 1.18 bits per heavy atom. The van der Waals surface area contributed by atoms with Crippen molar-refractivity contribution in [2.75, 3.05) is 40.0 Å². The Labute approximate surface area is 164 Å². The molecule has 1 unspecified atom stereocenters. The average Bonchev–Trinajstić information content (AvgIpc) is 2.68. The largest absolute Gasteiger partial charge is 0.497 e. The number of morpholine rings is 1. The van der Waals surface area contributed by atoms with Gasteiger partial charge in [0.05, 0.1) is 26.9 Å². The van der Waals surface area contributed by atoms with Crippen molar-refractivity contribution in [1.29, 1.82) is 0 Å². The molecule has 1 saturated heterocycles. The molecule has 9 heteroatoms. The first-order chi connectivity index (χ1) is 13.4. The van der Waals surface area contributed by atoms with Gasteiger partial charge < -0.3 is 25.2 Å². The second-order valence-corrected chi connectivity index (χ2v) is 6.63. The molecule has 28 heavy (non-hydrogen) atoms. The predicted molar refractivity (Wildman–Crippen MR) is 101 cm³/mol. The summed E-state index contributed by atoms with van der Waals surface area (Å²) in [5.41, 5.74) is 0.748. The summed E-state index contributed by atoms with van der Waals surface area (Å²) < 4.78 is 10.3. The minimum absolute atomic E-state index is 0.125. The summed E-state index contributed by atoms with van der Waals surface area (Å²) in [6.45, 7) is 4.19. The Kier molecular flexibility index (Phi) is 8.21. The van der Waals surface area contributed by atoms with E-state index in [0.29, 0.717) is 32.1 Å². The van der Waals surface area contributed by atoms with Crippen LogP contribution in [-0.2, 0) is 25.5 Å². The van der Waals surface area contributed by atoms with Gasteiger partial charge in [-0.2, -0.15) is 0 Å². The summed E-state index contributed by atoms with van der Waals surface area (Å²) in [6.07, 6.45) is 0.125. The highest BCUT2D eigenvalue weighted by atomic mass is 16.5. The van der Waals surface area contributed by atoms with Crippen LogP contribution in [0.25, 0.3) is 0 Å². The average molecular weight is 393 g/mol. The van der Waals surface area contributed by atoms with Gasteiger partial charge in [-0.05, 0) is 24.6 Å². The number of carbonyl (C=O) groups is 3. The minimum Gasteiger partial charge on any atom is -0.497 e.